The summed E-state index contributed by atoms with van der Waals surface area (Å²) in [5.74, 6) is 0. The van der Waals surface area contributed by atoms with E-state index in [-0.39, 0.29) is 4.90 Å². The van der Waals surface area contributed by atoms with E-state index in [0.29, 0.717) is 11.1 Å². The highest BCUT2D eigenvalue weighted by Crippen LogP contribution is 2.26. The normalized spacial score (nSPS) is 15.0. The van der Waals surface area contributed by atoms with Crippen molar-refractivity contribution >= 4 is 20.9 Å². The van der Waals surface area contributed by atoms with E-state index in [4.69, 9.17) is 5.26 Å². The van der Waals surface area contributed by atoms with Gasteiger partial charge in [-0.25, -0.2) is 12.4 Å². The third-order valence-corrected chi connectivity index (χ3v) is 6.34. The van der Waals surface area contributed by atoms with Crippen LogP contribution in [0.1, 0.15) is 17.5 Å². The van der Waals surface area contributed by atoms with E-state index in [9.17, 15) is 8.42 Å². The maximum Gasteiger partial charge on any atom is 0.268 e. The van der Waals surface area contributed by atoms with Gasteiger partial charge in [-0.05, 0) is 55.4 Å². The van der Waals surface area contributed by atoms with E-state index in [1.807, 2.05) is 30.3 Å². The Kier molecular flexibility index (Phi) is 3.83. The number of likely N-dealkylation sites (tertiary alicyclic amines) is 1. The molecule has 1 fully saturated rings. The SMILES string of the molecule is N#Cc1cccc(S(=O)(=O)n2ccc3c(CN4CCC4)cccc32)c1. The van der Waals surface area contributed by atoms with Gasteiger partial charge < -0.3 is 0 Å². The number of fused-ring (bicyclic) bond motifs is 1. The fourth-order valence-corrected chi connectivity index (χ4v) is 4.57. The molecule has 0 unspecified atom stereocenters. The van der Waals surface area contributed by atoms with E-state index in [1.165, 1.54) is 22.5 Å². The summed E-state index contributed by atoms with van der Waals surface area (Å²) in [6, 6.07) is 15.7. The Labute approximate surface area is 146 Å². The van der Waals surface area contributed by atoms with Gasteiger partial charge in [-0.3, -0.25) is 4.90 Å². The number of nitriles is 1. The molecule has 5 nitrogen and oxygen atoms in total. The van der Waals surface area contributed by atoms with E-state index in [2.05, 4.69) is 4.90 Å². The minimum Gasteiger partial charge on any atom is -0.299 e. The molecule has 1 aliphatic rings. The van der Waals surface area contributed by atoms with Crippen LogP contribution in [-0.2, 0) is 16.6 Å². The quantitative estimate of drug-likeness (QED) is 0.725. The summed E-state index contributed by atoms with van der Waals surface area (Å²) in [4.78, 5) is 2.47. The Morgan fingerprint density at radius 1 is 1.08 bits per heavy atom. The Balaban J connectivity index is 1.81. The molecule has 0 aliphatic carbocycles. The van der Waals surface area contributed by atoms with Crippen LogP contribution in [0.15, 0.2) is 59.6 Å². The summed E-state index contributed by atoms with van der Waals surface area (Å²) >= 11 is 0. The molecule has 0 amide bonds. The lowest BCUT2D eigenvalue weighted by Gasteiger charge is -2.30. The molecule has 0 N–H and O–H groups in total. The lowest BCUT2D eigenvalue weighted by molar-refractivity contribution is 0.173. The van der Waals surface area contributed by atoms with Crippen LogP contribution in [0.5, 0.6) is 0 Å². The second-order valence-electron chi connectivity index (χ2n) is 6.24. The molecule has 0 bridgehead atoms. The van der Waals surface area contributed by atoms with Gasteiger partial charge in [0, 0.05) is 18.1 Å². The summed E-state index contributed by atoms with van der Waals surface area (Å²) in [6.45, 7) is 3.03. The predicted octanol–water partition coefficient (Wildman–Crippen LogP) is 2.96. The molecule has 4 rings (SSSR count). The molecule has 1 saturated heterocycles. The Bertz CT molecular complexity index is 1090. The first kappa shape index (κ1) is 15.9. The van der Waals surface area contributed by atoms with Crippen molar-refractivity contribution in [2.45, 2.75) is 17.9 Å². The van der Waals surface area contributed by atoms with Crippen LogP contribution < -0.4 is 0 Å². The molecule has 25 heavy (non-hydrogen) atoms. The van der Waals surface area contributed by atoms with Crippen molar-refractivity contribution in [2.24, 2.45) is 0 Å². The first-order valence-electron chi connectivity index (χ1n) is 8.17. The molecule has 3 aromatic rings. The fourth-order valence-electron chi connectivity index (χ4n) is 3.17. The minimum atomic E-state index is -3.74. The van der Waals surface area contributed by atoms with Crippen molar-refractivity contribution < 1.29 is 8.42 Å². The standard InChI is InChI=1S/C19H17N3O2S/c20-13-15-4-1-6-17(12-15)25(23,24)22-11-8-18-16(5-2-7-19(18)22)14-21-9-3-10-21/h1-2,4-8,11-12H,3,9-10,14H2. The van der Waals surface area contributed by atoms with Crippen LogP contribution in [0, 0.1) is 11.3 Å². The molecule has 0 radical (unpaired) electrons. The summed E-state index contributed by atoms with van der Waals surface area (Å²) in [6.07, 6.45) is 2.82. The van der Waals surface area contributed by atoms with Gasteiger partial charge in [0.1, 0.15) is 0 Å². The van der Waals surface area contributed by atoms with Gasteiger partial charge in [0.05, 0.1) is 22.0 Å². The number of aromatic nitrogens is 1. The van der Waals surface area contributed by atoms with Crippen molar-refractivity contribution in [2.75, 3.05) is 13.1 Å². The molecule has 2 heterocycles. The fraction of sp³-hybridized carbons (Fsp3) is 0.211. The van der Waals surface area contributed by atoms with Gasteiger partial charge >= 0.3 is 0 Å². The third-order valence-electron chi connectivity index (χ3n) is 4.65. The van der Waals surface area contributed by atoms with Gasteiger partial charge in [0.25, 0.3) is 10.0 Å². The molecule has 2 aromatic carbocycles. The highest BCUT2D eigenvalue weighted by molar-refractivity contribution is 7.90. The molecule has 6 heteroatoms. The number of hydrogen-bond acceptors (Lipinski definition) is 4. The highest BCUT2D eigenvalue weighted by atomic mass is 32.2. The molecule has 0 spiro atoms. The molecule has 1 aromatic heterocycles. The second-order valence-corrected chi connectivity index (χ2v) is 8.05. The van der Waals surface area contributed by atoms with Gasteiger partial charge in [0.15, 0.2) is 0 Å². The monoisotopic (exact) mass is 351 g/mol. The van der Waals surface area contributed by atoms with E-state index in [1.54, 1.807) is 18.3 Å². The van der Waals surface area contributed by atoms with Crippen molar-refractivity contribution in [3.05, 3.63) is 65.9 Å². The third kappa shape index (κ3) is 2.72. The topological polar surface area (TPSA) is 66.1 Å². The number of rotatable bonds is 4. The van der Waals surface area contributed by atoms with Gasteiger partial charge in [-0.2, -0.15) is 5.26 Å². The van der Waals surface area contributed by atoms with Crippen LogP contribution in [0.4, 0.5) is 0 Å². The molecular formula is C19H17N3O2S. The highest BCUT2D eigenvalue weighted by Gasteiger charge is 2.21. The lowest BCUT2D eigenvalue weighted by Crippen LogP contribution is -2.36. The van der Waals surface area contributed by atoms with Crippen LogP contribution in [-0.4, -0.2) is 30.4 Å². The number of hydrogen-bond donors (Lipinski definition) is 0. The zero-order chi connectivity index (χ0) is 17.4. The van der Waals surface area contributed by atoms with Crippen LogP contribution in [0.3, 0.4) is 0 Å². The number of nitrogens with zero attached hydrogens (tertiary/aromatic N) is 3. The Morgan fingerprint density at radius 3 is 2.60 bits per heavy atom. The largest absolute Gasteiger partial charge is 0.299 e. The molecule has 0 saturated carbocycles. The molecule has 1 aliphatic heterocycles. The van der Waals surface area contributed by atoms with Crippen LogP contribution in [0.2, 0.25) is 0 Å². The first-order valence-corrected chi connectivity index (χ1v) is 9.61. The average Bonchev–Trinajstić information content (AvgIpc) is 3.03. The van der Waals surface area contributed by atoms with Crippen LogP contribution >= 0.6 is 0 Å². The maximum atomic E-state index is 13.0. The molecule has 0 atom stereocenters. The maximum absolute atomic E-state index is 13.0. The van der Waals surface area contributed by atoms with Gasteiger partial charge in [-0.1, -0.05) is 18.2 Å². The van der Waals surface area contributed by atoms with Crippen molar-refractivity contribution in [3.63, 3.8) is 0 Å². The minimum absolute atomic E-state index is 0.122. The second kappa shape index (κ2) is 6.03. The van der Waals surface area contributed by atoms with Crippen molar-refractivity contribution in [3.8, 4) is 6.07 Å². The first-order chi connectivity index (χ1) is 12.1. The average molecular weight is 351 g/mol. The summed E-state index contributed by atoms with van der Waals surface area (Å²) < 4.78 is 27.3. The zero-order valence-electron chi connectivity index (χ0n) is 13.6. The summed E-state index contributed by atoms with van der Waals surface area (Å²) in [5, 5.41) is 9.98. The Morgan fingerprint density at radius 2 is 1.88 bits per heavy atom. The summed E-state index contributed by atoms with van der Waals surface area (Å²) in [5.41, 5.74) is 2.13. The lowest BCUT2D eigenvalue weighted by atomic mass is 10.1. The van der Waals surface area contributed by atoms with E-state index >= 15 is 0 Å². The van der Waals surface area contributed by atoms with Gasteiger partial charge in [0.2, 0.25) is 0 Å². The smallest absolute Gasteiger partial charge is 0.268 e. The van der Waals surface area contributed by atoms with Crippen molar-refractivity contribution in [1.82, 2.24) is 8.87 Å². The number of benzene rings is 2. The van der Waals surface area contributed by atoms with Gasteiger partial charge in [-0.15, -0.1) is 0 Å². The zero-order valence-corrected chi connectivity index (χ0v) is 14.4. The summed E-state index contributed by atoms with van der Waals surface area (Å²) in [7, 11) is -3.74. The predicted molar refractivity (Wildman–Crippen MR) is 95.6 cm³/mol. The molecular weight excluding hydrogens is 334 g/mol. The van der Waals surface area contributed by atoms with Crippen LogP contribution in [0.25, 0.3) is 10.9 Å². The molecule has 126 valence electrons. The van der Waals surface area contributed by atoms with Crippen molar-refractivity contribution in [1.29, 1.82) is 5.26 Å². The van der Waals surface area contributed by atoms with E-state index in [0.717, 1.165) is 30.6 Å². The Hall–Kier alpha value is -2.62. The van der Waals surface area contributed by atoms with E-state index < -0.39 is 10.0 Å².